The summed E-state index contributed by atoms with van der Waals surface area (Å²) in [6.45, 7) is 12.4. The van der Waals surface area contributed by atoms with Crippen molar-refractivity contribution in [1.29, 1.82) is 0 Å². The molecule has 0 unspecified atom stereocenters. The number of piperidine rings is 1. The van der Waals surface area contributed by atoms with Gasteiger partial charge in [-0.1, -0.05) is 0 Å². The molecule has 2 atom stereocenters. The molecule has 0 amide bonds. The van der Waals surface area contributed by atoms with Gasteiger partial charge < -0.3 is 20.6 Å². The van der Waals surface area contributed by atoms with E-state index in [9.17, 15) is 9.90 Å². The number of hydrogen-bond acceptors (Lipinski definition) is 6. The van der Waals surface area contributed by atoms with E-state index >= 15 is 4.39 Å². The van der Waals surface area contributed by atoms with Gasteiger partial charge in [0.1, 0.15) is 5.82 Å². The number of aryl methyl sites for hydroxylation is 1. The number of nitrogens with zero attached hydrogens (tertiary/aromatic N) is 4. The minimum atomic E-state index is -1.03. The molecule has 0 aromatic carbocycles. The Bertz CT molecular complexity index is 1040. The molecule has 2 aromatic heterocycles. The number of pyridine rings is 1. The molecule has 0 radical (unpaired) electrons. The van der Waals surface area contributed by atoms with Crippen molar-refractivity contribution in [3.63, 3.8) is 0 Å². The van der Waals surface area contributed by atoms with Crippen LogP contribution in [-0.2, 0) is 16.8 Å². The van der Waals surface area contributed by atoms with Crippen LogP contribution in [0.5, 0.6) is 0 Å². The summed E-state index contributed by atoms with van der Waals surface area (Å²) in [7, 11) is 0. The molecule has 3 N–H and O–H groups in total. The monoisotopic (exact) mass is 458 g/mol. The fraction of sp³-hybridized carbons (Fsp3) is 0.625. The van der Waals surface area contributed by atoms with Crippen LogP contribution in [0.1, 0.15) is 58.3 Å². The normalized spacial score (nSPS) is 23.3. The molecule has 2 aromatic rings. The number of nitrogens with one attached hydrogen (secondary N) is 2. The summed E-state index contributed by atoms with van der Waals surface area (Å²) >= 11 is 0. The number of rotatable bonds is 6. The third-order valence-corrected chi connectivity index (χ3v) is 6.74. The standard InChI is InChI=1S/C24H35FN6O2/c1-15-13-24(22(32)33,7-8-26-15)14-17-21(25)18(30-9-6-10-30)12-19(27-17)28-20-11-16(2)31(29-20)23(3,4)5/h11-12,15,26H,6-10,13-14H2,1-5H3,(H,32,33)(H,27,28,29)/t15-,24-/m1/s1. The Morgan fingerprint density at radius 2 is 2.06 bits per heavy atom. The number of carboxylic acid groups (broad SMARTS) is 1. The van der Waals surface area contributed by atoms with E-state index in [1.54, 1.807) is 6.07 Å². The van der Waals surface area contributed by atoms with E-state index in [-0.39, 0.29) is 23.7 Å². The minimum absolute atomic E-state index is 0.0541. The summed E-state index contributed by atoms with van der Waals surface area (Å²) in [5.41, 5.74) is 0.471. The second-order valence-corrected chi connectivity index (χ2v) is 10.6. The Morgan fingerprint density at radius 1 is 1.33 bits per heavy atom. The maximum atomic E-state index is 15.6. The van der Waals surface area contributed by atoms with Gasteiger partial charge >= 0.3 is 5.97 Å². The van der Waals surface area contributed by atoms with Gasteiger partial charge in [0.15, 0.2) is 11.6 Å². The molecule has 2 saturated heterocycles. The lowest BCUT2D eigenvalue weighted by Gasteiger charge is -2.38. The lowest BCUT2D eigenvalue weighted by atomic mass is 9.73. The highest BCUT2D eigenvalue weighted by Crippen LogP contribution is 2.38. The van der Waals surface area contributed by atoms with Gasteiger partial charge in [0, 0.05) is 43.4 Å². The molecule has 0 bridgehead atoms. The van der Waals surface area contributed by atoms with Gasteiger partial charge in [-0.25, -0.2) is 9.37 Å². The molecule has 9 heteroatoms. The second kappa shape index (κ2) is 8.59. The highest BCUT2D eigenvalue weighted by molar-refractivity contribution is 5.75. The molecular formula is C24H35FN6O2. The van der Waals surface area contributed by atoms with Crippen molar-refractivity contribution in [2.45, 2.75) is 71.9 Å². The average Bonchev–Trinajstić information content (AvgIpc) is 3.04. The van der Waals surface area contributed by atoms with Crippen LogP contribution < -0.4 is 15.5 Å². The first-order chi connectivity index (χ1) is 15.5. The molecule has 2 fully saturated rings. The third kappa shape index (κ3) is 4.69. The van der Waals surface area contributed by atoms with Crippen LogP contribution in [0.3, 0.4) is 0 Å². The number of aliphatic carboxylic acids is 1. The number of hydrogen-bond donors (Lipinski definition) is 3. The largest absolute Gasteiger partial charge is 0.481 e. The molecule has 2 aliphatic heterocycles. The van der Waals surface area contributed by atoms with Gasteiger partial charge in [0.2, 0.25) is 0 Å². The number of carboxylic acids is 1. The smallest absolute Gasteiger partial charge is 0.310 e. The molecule has 0 spiro atoms. The van der Waals surface area contributed by atoms with E-state index < -0.39 is 17.2 Å². The van der Waals surface area contributed by atoms with Crippen LogP contribution in [0.2, 0.25) is 0 Å². The van der Waals surface area contributed by atoms with Crippen molar-refractivity contribution in [1.82, 2.24) is 20.1 Å². The zero-order valence-corrected chi connectivity index (χ0v) is 20.2. The number of aromatic nitrogens is 3. The van der Waals surface area contributed by atoms with Crippen LogP contribution in [0, 0.1) is 18.2 Å². The van der Waals surface area contributed by atoms with E-state index in [0.717, 1.165) is 25.2 Å². The van der Waals surface area contributed by atoms with Crippen LogP contribution in [-0.4, -0.2) is 51.5 Å². The first-order valence-corrected chi connectivity index (χ1v) is 11.7. The van der Waals surface area contributed by atoms with E-state index in [2.05, 4.69) is 41.5 Å². The summed E-state index contributed by atoms with van der Waals surface area (Å²) in [6, 6.07) is 3.70. The fourth-order valence-corrected chi connectivity index (χ4v) is 4.95. The fourth-order valence-electron chi connectivity index (χ4n) is 4.95. The first-order valence-electron chi connectivity index (χ1n) is 11.7. The lowest BCUT2D eigenvalue weighted by Crippen LogP contribution is -2.48. The van der Waals surface area contributed by atoms with Gasteiger partial charge in [-0.3, -0.25) is 9.48 Å². The molecular weight excluding hydrogens is 423 g/mol. The highest BCUT2D eigenvalue weighted by Gasteiger charge is 2.43. The highest BCUT2D eigenvalue weighted by atomic mass is 19.1. The summed E-state index contributed by atoms with van der Waals surface area (Å²) in [6.07, 6.45) is 1.96. The molecule has 33 heavy (non-hydrogen) atoms. The number of halogens is 1. The van der Waals surface area contributed by atoms with Crippen LogP contribution >= 0.6 is 0 Å². The molecule has 180 valence electrons. The van der Waals surface area contributed by atoms with Crippen molar-refractivity contribution in [3.8, 4) is 0 Å². The van der Waals surface area contributed by atoms with Crippen molar-refractivity contribution < 1.29 is 14.3 Å². The van der Waals surface area contributed by atoms with Gasteiger partial charge in [0.05, 0.1) is 22.3 Å². The molecule has 0 saturated carbocycles. The van der Waals surface area contributed by atoms with Crippen LogP contribution in [0.15, 0.2) is 12.1 Å². The third-order valence-electron chi connectivity index (χ3n) is 6.74. The van der Waals surface area contributed by atoms with Gasteiger partial charge in [0.25, 0.3) is 0 Å². The maximum Gasteiger partial charge on any atom is 0.310 e. The van der Waals surface area contributed by atoms with Gasteiger partial charge in [-0.05, 0) is 60.4 Å². The minimum Gasteiger partial charge on any atom is -0.481 e. The van der Waals surface area contributed by atoms with Gasteiger partial charge in [-0.2, -0.15) is 5.10 Å². The molecule has 0 aliphatic carbocycles. The Hall–Kier alpha value is -2.68. The van der Waals surface area contributed by atoms with Gasteiger partial charge in [-0.15, -0.1) is 0 Å². The Labute approximate surface area is 194 Å². The predicted octanol–water partition coefficient (Wildman–Crippen LogP) is 3.82. The van der Waals surface area contributed by atoms with E-state index in [4.69, 9.17) is 0 Å². The van der Waals surface area contributed by atoms with Crippen molar-refractivity contribution in [2.24, 2.45) is 5.41 Å². The summed E-state index contributed by atoms with van der Waals surface area (Å²) in [5, 5.41) is 21.3. The summed E-state index contributed by atoms with van der Waals surface area (Å²) in [4.78, 5) is 18.9. The molecule has 4 heterocycles. The van der Waals surface area contributed by atoms with Crippen LogP contribution in [0.25, 0.3) is 0 Å². The second-order valence-electron chi connectivity index (χ2n) is 10.6. The quantitative estimate of drug-likeness (QED) is 0.606. The summed E-state index contributed by atoms with van der Waals surface area (Å²) < 4.78 is 17.5. The number of carbonyl (C=O) groups is 1. The maximum absolute atomic E-state index is 15.6. The average molecular weight is 459 g/mol. The topological polar surface area (TPSA) is 95.3 Å². The molecule has 4 rings (SSSR count). The van der Waals surface area contributed by atoms with E-state index in [0.29, 0.717) is 36.7 Å². The van der Waals surface area contributed by atoms with E-state index in [1.165, 1.54) is 0 Å². The number of anilines is 3. The first kappa shape index (κ1) is 23.5. The van der Waals surface area contributed by atoms with Crippen molar-refractivity contribution >= 4 is 23.3 Å². The Kier molecular flexibility index (Phi) is 6.11. The predicted molar refractivity (Wildman–Crippen MR) is 127 cm³/mol. The molecule has 2 aliphatic rings. The zero-order chi connectivity index (χ0) is 24.0. The molecule has 8 nitrogen and oxygen atoms in total. The lowest BCUT2D eigenvalue weighted by molar-refractivity contribution is -0.151. The Morgan fingerprint density at radius 3 is 2.61 bits per heavy atom. The van der Waals surface area contributed by atoms with E-state index in [1.807, 2.05) is 29.5 Å². The van der Waals surface area contributed by atoms with Crippen LogP contribution in [0.4, 0.5) is 21.7 Å². The Balaban J connectivity index is 1.70. The summed E-state index contributed by atoms with van der Waals surface area (Å²) in [5.74, 6) is -0.191. The van der Waals surface area contributed by atoms with Crippen molar-refractivity contribution in [2.75, 3.05) is 29.9 Å². The zero-order valence-electron chi connectivity index (χ0n) is 20.2. The van der Waals surface area contributed by atoms with Crippen molar-refractivity contribution in [3.05, 3.63) is 29.3 Å². The SMILES string of the molecule is Cc1cc(Nc2cc(N3CCC3)c(F)c(C[C@@]3(C(=O)O)CCN[C@H](C)C3)n2)nn1C(C)(C)C.